The highest BCUT2D eigenvalue weighted by Gasteiger charge is 2.36. The number of imide groups is 1. The Morgan fingerprint density at radius 1 is 1.16 bits per heavy atom. The van der Waals surface area contributed by atoms with Crippen LogP contribution in [0.1, 0.15) is 35.7 Å². The van der Waals surface area contributed by atoms with E-state index in [9.17, 15) is 14.4 Å². The maximum Gasteiger partial charge on any atom is 0.373 e. The molecule has 1 aromatic heterocycles. The number of carbonyl (C=O) groups excluding carboxylic acids is 3. The number of amides is 2. The number of thioether (sulfide) groups is 1. The van der Waals surface area contributed by atoms with E-state index in [1.54, 1.807) is 18.2 Å². The van der Waals surface area contributed by atoms with Crippen LogP contribution in [0.3, 0.4) is 0 Å². The first-order valence-electron chi connectivity index (χ1n) is 9.39. The summed E-state index contributed by atoms with van der Waals surface area (Å²) in [6.07, 6.45) is 1.61. The summed E-state index contributed by atoms with van der Waals surface area (Å²) in [6.45, 7) is 4.56. The molecule has 0 bridgehead atoms. The molecule has 8 nitrogen and oxygen atoms in total. The van der Waals surface area contributed by atoms with E-state index in [1.807, 2.05) is 13.8 Å². The number of hydrogen-bond donors (Lipinski definition) is 0. The highest BCUT2D eigenvalue weighted by atomic mass is 79.9. The Balaban J connectivity index is 1.85. The fourth-order valence-electron chi connectivity index (χ4n) is 2.82. The number of benzene rings is 1. The Hall–Kier alpha value is -2.72. The van der Waals surface area contributed by atoms with Gasteiger partial charge in [0.1, 0.15) is 17.3 Å². The molecule has 1 aliphatic rings. The monoisotopic (exact) mass is 509 g/mol. The van der Waals surface area contributed by atoms with Gasteiger partial charge in [0.25, 0.3) is 11.1 Å². The Labute approximate surface area is 191 Å². The van der Waals surface area contributed by atoms with Gasteiger partial charge in [0.05, 0.1) is 36.2 Å². The topological polar surface area (TPSA) is 95.3 Å². The molecule has 2 heterocycles. The molecule has 0 spiro atoms. The van der Waals surface area contributed by atoms with E-state index in [-0.39, 0.29) is 17.2 Å². The summed E-state index contributed by atoms with van der Waals surface area (Å²) in [7, 11) is 1.24. The average Bonchev–Trinajstić information content (AvgIpc) is 3.31. The van der Waals surface area contributed by atoms with Crippen LogP contribution in [0, 0.1) is 0 Å². The number of furan rings is 1. The molecule has 0 radical (unpaired) electrons. The molecule has 0 unspecified atom stereocenters. The molecule has 1 saturated heterocycles. The van der Waals surface area contributed by atoms with Gasteiger partial charge >= 0.3 is 5.97 Å². The molecule has 0 saturated carbocycles. The molecule has 0 atom stereocenters. The van der Waals surface area contributed by atoms with Crippen LogP contribution in [0.2, 0.25) is 0 Å². The lowest BCUT2D eigenvalue weighted by Gasteiger charge is -2.13. The van der Waals surface area contributed by atoms with Crippen LogP contribution in [0.4, 0.5) is 4.79 Å². The molecule has 1 aromatic carbocycles. The second-order valence-corrected chi connectivity index (χ2v) is 8.06. The largest absolute Gasteiger partial charge is 0.493 e. The number of rotatable bonds is 8. The first-order chi connectivity index (χ1) is 14.9. The summed E-state index contributed by atoms with van der Waals surface area (Å²) in [5, 5.41) is -0.435. The fourth-order valence-corrected chi connectivity index (χ4v) is 4.12. The number of carbonyl (C=O) groups is 3. The molecule has 2 amide bonds. The SMILES string of the molecule is CCOc1cc(OCC)c(/C=C2/SC(=O)N(Cc3ccc(C(=O)OC)o3)C2=O)cc1Br. The Kier molecular flexibility index (Phi) is 7.45. The molecular formula is C21H20BrNO7S. The summed E-state index contributed by atoms with van der Waals surface area (Å²) >= 11 is 4.28. The minimum atomic E-state index is -0.634. The van der Waals surface area contributed by atoms with Crippen LogP contribution in [0.25, 0.3) is 6.08 Å². The molecule has 0 aliphatic carbocycles. The van der Waals surface area contributed by atoms with Crippen LogP contribution >= 0.6 is 27.7 Å². The Morgan fingerprint density at radius 2 is 1.87 bits per heavy atom. The standard InChI is InChI=1S/C21H20BrNO7S/c1-4-28-16-10-17(29-5-2)14(22)8-12(16)9-18-19(24)23(21(26)31-18)11-13-6-7-15(30-13)20(25)27-3/h6-10H,4-5,11H2,1-3H3/b18-9+. The van der Waals surface area contributed by atoms with E-state index in [0.717, 1.165) is 16.7 Å². The van der Waals surface area contributed by atoms with Crippen molar-refractivity contribution in [3.63, 3.8) is 0 Å². The van der Waals surface area contributed by atoms with Gasteiger partial charge < -0.3 is 18.6 Å². The fraction of sp³-hybridized carbons (Fsp3) is 0.286. The third-order valence-corrected chi connectivity index (χ3v) is 5.71. The van der Waals surface area contributed by atoms with Gasteiger partial charge in [-0.2, -0.15) is 0 Å². The van der Waals surface area contributed by atoms with Crippen LogP contribution < -0.4 is 9.47 Å². The summed E-state index contributed by atoms with van der Waals surface area (Å²) in [6, 6.07) is 6.47. The summed E-state index contributed by atoms with van der Waals surface area (Å²) in [5.41, 5.74) is 0.633. The van der Waals surface area contributed by atoms with Gasteiger partial charge in [-0.3, -0.25) is 14.5 Å². The number of halogens is 1. The minimum absolute atomic E-state index is 0.000563. The lowest BCUT2D eigenvalue weighted by molar-refractivity contribution is -0.123. The zero-order valence-corrected chi connectivity index (χ0v) is 19.5. The minimum Gasteiger partial charge on any atom is -0.493 e. The molecule has 1 fully saturated rings. The first-order valence-corrected chi connectivity index (χ1v) is 11.0. The molecular weight excluding hydrogens is 490 g/mol. The van der Waals surface area contributed by atoms with Crippen molar-refractivity contribution in [2.45, 2.75) is 20.4 Å². The molecule has 1 aliphatic heterocycles. The van der Waals surface area contributed by atoms with E-state index in [2.05, 4.69) is 20.7 Å². The van der Waals surface area contributed by atoms with Gasteiger partial charge in [-0.1, -0.05) is 0 Å². The average molecular weight is 510 g/mol. The van der Waals surface area contributed by atoms with Crippen LogP contribution in [-0.4, -0.2) is 42.3 Å². The van der Waals surface area contributed by atoms with Crippen LogP contribution in [0.5, 0.6) is 11.5 Å². The highest BCUT2D eigenvalue weighted by Crippen LogP contribution is 2.38. The quantitative estimate of drug-likeness (QED) is 0.367. The van der Waals surface area contributed by atoms with Crippen molar-refractivity contribution in [3.05, 3.63) is 50.7 Å². The van der Waals surface area contributed by atoms with Crippen molar-refractivity contribution < 1.29 is 33.0 Å². The zero-order chi connectivity index (χ0) is 22.5. The van der Waals surface area contributed by atoms with E-state index in [0.29, 0.717) is 40.5 Å². The van der Waals surface area contributed by atoms with Gasteiger partial charge in [0, 0.05) is 11.6 Å². The van der Waals surface area contributed by atoms with Crippen molar-refractivity contribution >= 4 is 50.9 Å². The van der Waals surface area contributed by atoms with Crippen molar-refractivity contribution in [2.75, 3.05) is 20.3 Å². The Morgan fingerprint density at radius 3 is 2.55 bits per heavy atom. The second kappa shape index (κ2) is 10.1. The summed E-state index contributed by atoms with van der Waals surface area (Å²) in [4.78, 5) is 38.1. The van der Waals surface area contributed by atoms with Gasteiger partial charge in [0.15, 0.2) is 0 Å². The van der Waals surface area contributed by atoms with E-state index < -0.39 is 17.1 Å². The van der Waals surface area contributed by atoms with Gasteiger partial charge in [-0.25, -0.2) is 4.79 Å². The van der Waals surface area contributed by atoms with E-state index >= 15 is 0 Å². The second-order valence-electron chi connectivity index (χ2n) is 6.21. The van der Waals surface area contributed by atoms with Crippen molar-refractivity contribution in [1.29, 1.82) is 0 Å². The number of methoxy groups -OCH3 is 1. The van der Waals surface area contributed by atoms with Crippen LogP contribution in [0.15, 0.2) is 38.1 Å². The number of ether oxygens (including phenoxy) is 3. The molecule has 164 valence electrons. The predicted molar refractivity (Wildman–Crippen MR) is 118 cm³/mol. The number of nitrogens with zero attached hydrogens (tertiary/aromatic N) is 1. The smallest absolute Gasteiger partial charge is 0.373 e. The summed E-state index contributed by atoms with van der Waals surface area (Å²) < 4.78 is 21.9. The first kappa shape index (κ1) is 23.0. The normalized spacial score (nSPS) is 15.0. The van der Waals surface area contributed by atoms with Crippen molar-refractivity contribution in [1.82, 2.24) is 4.90 Å². The highest BCUT2D eigenvalue weighted by molar-refractivity contribution is 9.10. The Bertz CT molecular complexity index is 1050. The molecule has 3 rings (SSSR count). The summed E-state index contributed by atoms with van der Waals surface area (Å²) in [5.74, 6) is 0.358. The number of hydrogen-bond acceptors (Lipinski definition) is 8. The van der Waals surface area contributed by atoms with Gasteiger partial charge in [-0.15, -0.1) is 0 Å². The molecule has 31 heavy (non-hydrogen) atoms. The van der Waals surface area contributed by atoms with Crippen molar-refractivity contribution in [2.24, 2.45) is 0 Å². The third kappa shape index (κ3) is 5.13. The van der Waals surface area contributed by atoms with E-state index in [1.165, 1.54) is 19.2 Å². The zero-order valence-electron chi connectivity index (χ0n) is 17.1. The lowest BCUT2D eigenvalue weighted by Crippen LogP contribution is -2.27. The molecule has 2 aromatic rings. The van der Waals surface area contributed by atoms with Crippen molar-refractivity contribution in [3.8, 4) is 11.5 Å². The molecule has 10 heteroatoms. The van der Waals surface area contributed by atoms with E-state index in [4.69, 9.17) is 13.9 Å². The third-order valence-electron chi connectivity index (χ3n) is 4.19. The lowest BCUT2D eigenvalue weighted by atomic mass is 10.1. The van der Waals surface area contributed by atoms with Gasteiger partial charge in [-0.05, 0) is 65.8 Å². The number of esters is 1. The maximum atomic E-state index is 12.9. The maximum absolute atomic E-state index is 12.9. The molecule has 0 N–H and O–H groups in total. The van der Waals surface area contributed by atoms with Gasteiger partial charge in [0.2, 0.25) is 5.76 Å². The van der Waals surface area contributed by atoms with Crippen LogP contribution in [-0.2, 0) is 16.1 Å². The predicted octanol–water partition coefficient (Wildman–Crippen LogP) is 4.86.